The summed E-state index contributed by atoms with van der Waals surface area (Å²) >= 11 is 3.06. The van der Waals surface area contributed by atoms with Crippen LogP contribution in [0, 0.1) is 10.1 Å². The van der Waals surface area contributed by atoms with Gasteiger partial charge >= 0.3 is 5.69 Å². The van der Waals surface area contributed by atoms with Crippen molar-refractivity contribution in [1.82, 2.24) is 5.34 Å². The number of rotatable bonds is 1. The molecule has 1 aromatic rings. The molecule has 0 amide bonds. The van der Waals surface area contributed by atoms with Gasteiger partial charge in [-0.05, 0) is 28.1 Å². The first-order valence-corrected chi connectivity index (χ1v) is 4.74. The molecule has 2 rings (SSSR count). The molecule has 6 nitrogen and oxygen atoms in total. The fraction of sp³-hybridized carbons (Fsp3) is 0.143. The second kappa shape index (κ2) is 3.31. The van der Waals surface area contributed by atoms with Gasteiger partial charge in [-0.15, -0.1) is 0 Å². The molecular weight excluding hydrogens is 271 g/mol. The minimum Gasteiger partial charge on any atom is -0.271 e. The molecule has 0 atom stereocenters. The average molecular weight is 277 g/mol. The van der Waals surface area contributed by atoms with E-state index in [0.29, 0.717) is 10.2 Å². The molecule has 0 unspecified atom stereocenters. The Hall–Kier alpha value is -1.41. The molecule has 0 aromatic heterocycles. The van der Waals surface area contributed by atoms with Crippen LogP contribution in [-0.4, -0.2) is 17.3 Å². The van der Waals surface area contributed by atoms with E-state index in [0.717, 1.165) is 5.01 Å². The highest BCUT2D eigenvalue weighted by molar-refractivity contribution is 9.10. The van der Waals surface area contributed by atoms with Crippen molar-refractivity contribution >= 4 is 33.0 Å². The number of hydrazine groups is 2. The monoisotopic (exact) mass is 276 g/mol. The van der Waals surface area contributed by atoms with Gasteiger partial charge < -0.3 is 0 Å². The average Bonchev–Trinajstić information content (AvgIpc) is 2.44. The lowest BCUT2D eigenvalue weighted by atomic mass is 10.2. The van der Waals surface area contributed by atoms with Crippen molar-refractivity contribution in [3.63, 3.8) is 0 Å². The van der Waals surface area contributed by atoms with Crippen molar-refractivity contribution in [1.29, 1.82) is 0 Å². The number of hydrogen-bond acceptors (Lipinski definition) is 5. The minimum absolute atomic E-state index is 0.164. The molecule has 0 fully saturated rings. The molecular formula is C7H6BrFN4O2. The van der Waals surface area contributed by atoms with Crippen LogP contribution >= 0.6 is 15.9 Å². The van der Waals surface area contributed by atoms with Crippen LogP contribution in [0.2, 0.25) is 0 Å². The fourth-order valence-electron chi connectivity index (χ4n) is 1.41. The zero-order valence-electron chi connectivity index (χ0n) is 7.57. The predicted molar refractivity (Wildman–Crippen MR) is 55.8 cm³/mol. The number of nitrogens with zero attached hydrogens (tertiary/aromatic N) is 3. The molecule has 1 aromatic carbocycles. The lowest BCUT2D eigenvalue weighted by Gasteiger charge is -2.14. The largest absolute Gasteiger partial charge is 0.310 e. The lowest BCUT2D eigenvalue weighted by molar-refractivity contribution is -0.385. The Bertz CT molecular complexity index is 441. The maximum absolute atomic E-state index is 13.1. The van der Waals surface area contributed by atoms with E-state index in [1.165, 1.54) is 13.1 Å². The van der Waals surface area contributed by atoms with E-state index in [2.05, 4.69) is 21.4 Å². The van der Waals surface area contributed by atoms with E-state index in [4.69, 9.17) is 0 Å². The van der Waals surface area contributed by atoms with Gasteiger partial charge in [0.05, 0.1) is 15.1 Å². The van der Waals surface area contributed by atoms with Crippen LogP contribution in [0.25, 0.3) is 0 Å². The molecule has 8 heteroatoms. The van der Waals surface area contributed by atoms with Crippen molar-refractivity contribution in [2.45, 2.75) is 0 Å². The zero-order chi connectivity index (χ0) is 11.2. The van der Waals surface area contributed by atoms with E-state index < -0.39 is 4.92 Å². The first kappa shape index (κ1) is 10.1. The summed E-state index contributed by atoms with van der Waals surface area (Å²) in [5.41, 5.74) is 2.72. The maximum atomic E-state index is 13.1. The molecule has 1 N–H and O–H groups in total. The predicted octanol–water partition coefficient (Wildman–Crippen LogP) is 2.24. The number of hydrogen-bond donors (Lipinski definition) is 1. The van der Waals surface area contributed by atoms with Gasteiger partial charge in [0.25, 0.3) is 0 Å². The summed E-state index contributed by atoms with van der Waals surface area (Å²) in [5.74, 6) is 0. The first-order chi connectivity index (χ1) is 7.02. The standard InChI is InChI=1S/C7H6BrFN4O2/c1-11-7-5(10-13(11)9)3-2-4(8)6(7)12(14)15/h2-3,10H,1H3. The number of anilines is 2. The van der Waals surface area contributed by atoms with E-state index >= 15 is 0 Å². The minimum atomic E-state index is -0.555. The molecule has 0 aliphatic carbocycles. The van der Waals surface area contributed by atoms with Crippen molar-refractivity contribution in [3.8, 4) is 0 Å². The summed E-state index contributed by atoms with van der Waals surface area (Å²) in [6.45, 7) is 0. The van der Waals surface area contributed by atoms with Crippen molar-refractivity contribution in [2.24, 2.45) is 0 Å². The number of fused-ring (bicyclic) bond motifs is 1. The molecule has 1 aliphatic rings. The van der Waals surface area contributed by atoms with Crippen LogP contribution in [0.3, 0.4) is 0 Å². The number of nitro groups is 1. The number of nitro benzene ring substituents is 1. The van der Waals surface area contributed by atoms with Gasteiger partial charge in [0.15, 0.2) is 5.69 Å². The Morgan fingerprint density at radius 1 is 1.60 bits per heavy atom. The quantitative estimate of drug-likeness (QED) is 0.484. The Labute approximate surface area is 92.4 Å². The first-order valence-electron chi connectivity index (χ1n) is 3.95. The second-order valence-corrected chi connectivity index (χ2v) is 3.80. The number of benzene rings is 1. The van der Waals surface area contributed by atoms with E-state index in [-0.39, 0.29) is 16.7 Å². The highest BCUT2D eigenvalue weighted by Crippen LogP contribution is 2.44. The van der Waals surface area contributed by atoms with Crippen LogP contribution in [0.1, 0.15) is 0 Å². The van der Waals surface area contributed by atoms with Gasteiger partial charge in [0, 0.05) is 12.4 Å². The molecule has 1 aliphatic heterocycles. The van der Waals surface area contributed by atoms with Gasteiger partial charge in [-0.3, -0.25) is 20.5 Å². The van der Waals surface area contributed by atoms with Crippen molar-refractivity contribution < 1.29 is 9.40 Å². The highest BCUT2D eigenvalue weighted by Gasteiger charge is 2.33. The third-order valence-electron chi connectivity index (χ3n) is 2.08. The smallest absolute Gasteiger partial charge is 0.271 e. The second-order valence-electron chi connectivity index (χ2n) is 2.94. The Balaban J connectivity index is 2.66. The van der Waals surface area contributed by atoms with Gasteiger partial charge in [-0.2, -0.15) is 0 Å². The van der Waals surface area contributed by atoms with Crippen LogP contribution in [-0.2, 0) is 0 Å². The van der Waals surface area contributed by atoms with Crippen LogP contribution in [0.4, 0.5) is 21.5 Å². The van der Waals surface area contributed by atoms with Gasteiger partial charge in [-0.1, -0.05) is 4.48 Å². The summed E-state index contributed by atoms with van der Waals surface area (Å²) in [7, 11) is 1.39. The molecule has 0 radical (unpaired) electrons. The summed E-state index contributed by atoms with van der Waals surface area (Å²) in [6, 6.07) is 3.06. The van der Waals surface area contributed by atoms with Gasteiger partial charge in [0.1, 0.15) is 0 Å². The van der Waals surface area contributed by atoms with Crippen LogP contribution < -0.4 is 10.4 Å². The topological polar surface area (TPSA) is 61.6 Å². The van der Waals surface area contributed by atoms with Gasteiger partial charge in [0.2, 0.25) is 0 Å². The molecule has 0 spiro atoms. The third-order valence-corrected chi connectivity index (χ3v) is 2.72. The van der Waals surface area contributed by atoms with E-state index in [9.17, 15) is 14.6 Å². The van der Waals surface area contributed by atoms with Crippen molar-refractivity contribution in [3.05, 3.63) is 26.7 Å². The lowest BCUT2D eigenvalue weighted by Crippen LogP contribution is -2.31. The SMILES string of the molecule is CN1c2c(ccc(Br)c2[N+](=O)[O-])NN1F. The van der Waals surface area contributed by atoms with Crippen molar-refractivity contribution in [2.75, 3.05) is 17.5 Å². The summed E-state index contributed by atoms with van der Waals surface area (Å²) in [5, 5.41) is 12.0. The normalized spacial score (nSPS) is 15.0. The van der Waals surface area contributed by atoms with Crippen LogP contribution in [0.5, 0.6) is 0 Å². The Morgan fingerprint density at radius 3 is 2.87 bits per heavy atom. The molecule has 1 heterocycles. The van der Waals surface area contributed by atoms with E-state index in [1.807, 2.05) is 0 Å². The summed E-state index contributed by atoms with van der Waals surface area (Å²) in [6.07, 6.45) is 0. The molecule has 0 saturated heterocycles. The Kier molecular flexibility index (Phi) is 2.24. The molecule has 0 bridgehead atoms. The molecule has 80 valence electrons. The summed E-state index contributed by atoms with van der Waals surface area (Å²) in [4.78, 5) is 10.3. The van der Waals surface area contributed by atoms with Gasteiger partial charge in [-0.25, -0.2) is 0 Å². The Morgan fingerprint density at radius 2 is 2.27 bits per heavy atom. The molecule has 0 saturated carbocycles. The zero-order valence-corrected chi connectivity index (χ0v) is 9.15. The number of halogens is 2. The number of nitrogens with one attached hydrogen (secondary N) is 1. The fourth-order valence-corrected chi connectivity index (χ4v) is 1.87. The highest BCUT2D eigenvalue weighted by atomic mass is 79.9. The molecule has 15 heavy (non-hydrogen) atoms. The van der Waals surface area contributed by atoms with E-state index in [1.54, 1.807) is 6.07 Å². The summed E-state index contributed by atoms with van der Waals surface area (Å²) < 4.78 is 13.4. The third kappa shape index (κ3) is 1.41. The van der Waals surface area contributed by atoms with Crippen LogP contribution in [0.15, 0.2) is 16.6 Å². The maximum Gasteiger partial charge on any atom is 0.310 e.